The van der Waals surface area contributed by atoms with Crippen LogP contribution >= 0.6 is 0 Å². The summed E-state index contributed by atoms with van der Waals surface area (Å²) in [5.41, 5.74) is 0.339. The molecule has 15 heavy (non-hydrogen) atoms. The van der Waals surface area contributed by atoms with E-state index in [0.29, 0.717) is 12.5 Å². The Morgan fingerprint density at radius 2 is 2.00 bits per heavy atom. The van der Waals surface area contributed by atoms with Gasteiger partial charge in [-0.25, -0.2) is 0 Å². The van der Waals surface area contributed by atoms with Gasteiger partial charge in [-0.1, -0.05) is 13.8 Å². The van der Waals surface area contributed by atoms with Crippen LogP contribution in [0.5, 0.6) is 0 Å². The maximum Gasteiger partial charge on any atom is 0.0793 e. The second-order valence-electron chi connectivity index (χ2n) is 4.68. The molecule has 1 rings (SSSR count). The SMILES string of the molecule is CC(C)CC(C)(O)CNc1ccncc1. The lowest BCUT2D eigenvalue weighted by Gasteiger charge is -2.26. The molecule has 0 saturated carbocycles. The summed E-state index contributed by atoms with van der Waals surface area (Å²) in [6.45, 7) is 6.65. The first-order valence-corrected chi connectivity index (χ1v) is 5.36. The molecule has 0 fully saturated rings. The standard InChI is InChI=1S/C12H20N2O/c1-10(2)8-12(3,15)9-14-11-4-6-13-7-5-11/h4-7,10,15H,8-9H2,1-3H3,(H,13,14). The third-order valence-corrected chi connectivity index (χ3v) is 2.20. The lowest BCUT2D eigenvalue weighted by atomic mass is 9.94. The Kier molecular flexibility index (Phi) is 4.09. The van der Waals surface area contributed by atoms with Gasteiger partial charge in [-0.15, -0.1) is 0 Å². The number of pyridine rings is 1. The second-order valence-corrected chi connectivity index (χ2v) is 4.68. The topological polar surface area (TPSA) is 45.1 Å². The summed E-state index contributed by atoms with van der Waals surface area (Å²) in [4.78, 5) is 3.94. The zero-order chi connectivity index (χ0) is 11.3. The molecule has 0 radical (unpaired) electrons. The van der Waals surface area contributed by atoms with E-state index in [1.54, 1.807) is 12.4 Å². The molecule has 1 heterocycles. The number of hydrogen-bond acceptors (Lipinski definition) is 3. The minimum atomic E-state index is -0.655. The number of anilines is 1. The molecule has 84 valence electrons. The maximum atomic E-state index is 10.1. The van der Waals surface area contributed by atoms with Crippen molar-refractivity contribution >= 4 is 5.69 Å². The molecule has 1 aromatic rings. The summed E-state index contributed by atoms with van der Waals surface area (Å²) in [6.07, 6.45) is 4.27. The van der Waals surface area contributed by atoms with Crippen molar-refractivity contribution in [3.05, 3.63) is 24.5 Å². The molecular formula is C12H20N2O. The van der Waals surface area contributed by atoms with Crippen molar-refractivity contribution < 1.29 is 5.11 Å². The predicted octanol–water partition coefficient (Wildman–Crippen LogP) is 2.29. The molecule has 1 unspecified atom stereocenters. The first kappa shape index (κ1) is 12.0. The van der Waals surface area contributed by atoms with E-state index in [1.165, 1.54) is 0 Å². The zero-order valence-corrected chi connectivity index (χ0v) is 9.70. The van der Waals surface area contributed by atoms with Gasteiger partial charge in [0.05, 0.1) is 5.60 Å². The van der Waals surface area contributed by atoms with Crippen LogP contribution in [0.1, 0.15) is 27.2 Å². The van der Waals surface area contributed by atoms with Crippen LogP contribution in [-0.4, -0.2) is 22.2 Å². The summed E-state index contributed by atoms with van der Waals surface area (Å²) in [5.74, 6) is 0.499. The fraction of sp³-hybridized carbons (Fsp3) is 0.583. The summed E-state index contributed by atoms with van der Waals surface area (Å²) in [6, 6.07) is 3.79. The van der Waals surface area contributed by atoms with Crippen molar-refractivity contribution in [2.45, 2.75) is 32.8 Å². The van der Waals surface area contributed by atoms with Crippen LogP contribution in [0, 0.1) is 5.92 Å². The average Bonchev–Trinajstić information content (AvgIpc) is 2.15. The maximum absolute atomic E-state index is 10.1. The van der Waals surface area contributed by atoms with E-state index < -0.39 is 5.60 Å². The smallest absolute Gasteiger partial charge is 0.0793 e. The summed E-state index contributed by atoms with van der Waals surface area (Å²) < 4.78 is 0. The predicted molar refractivity (Wildman–Crippen MR) is 62.8 cm³/mol. The Morgan fingerprint density at radius 3 is 2.53 bits per heavy atom. The second kappa shape index (κ2) is 5.12. The van der Waals surface area contributed by atoms with Crippen LogP contribution < -0.4 is 5.32 Å². The Hall–Kier alpha value is -1.09. The van der Waals surface area contributed by atoms with E-state index in [-0.39, 0.29) is 0 Å². The number of aliphatic hydroxyl groups is 1. The van der Waals surface area contributed by atoms with Crippen LogP contribution in [0.2, 0.25) is 0 Å². The highest BCUT2D eigenvalue weighted by atomic mass is 16.3. The Balaban J connectivity index is 2.42. The Labute approximate surface area is 91.5 Å². The van der Waals surface area contributed by atoms with Gasteiger partial charge in [0.15, 0.2) is 0 Å². The van der Waals surface area contributed by atoms with E-state index in [2.05, 4.69) is 24.1 Å². The van der Waals surface area contributed by atoms with Gasteiger partial charge < -0.3 is 10.4 Å². The summed E-state index contributed by atoms with van der Waals surface area (Å²) in [7, 11) is 0. The minimum Gasteiger partial charge on any atom is -0.388 e. The number of rotatable bonds is 5. The molecule has 0 aliphatic heterocycles. The molecule has 3 heteroatoms. The first-order valence-electron chi connectivity index (χ1n) is 5.36. The number of aromatic nitrogens is 1. The van der Waals surface area contributed by atoms with Gasteiger partial charge in [0.2, 0.25) is 0 Å². The molecule has 2 N–H and O–H groups in total. The van der Waals surface area contributed by atoms with E-state index in [9.17, 15) is 5.11 Å². The van der Waals surface area contributed by atoms with Crippen LogP contribution in [0.4, 0.5) is 5.69 Å². The molecule has 0 bridgehead atoms. The monoisotopic (exact) mass is 208 g/mol. The zero-order valence-electron chi connectivity index (χ0n) is 9.70. The van der Waals surface area contributed by atoms with Crippen molar-refractivity contribution in [1.29, 1.82) is 0 Å². The highest BCUT2D eigenvalue weighted by molar-refractivity contribution is 5.40. The van der Waals surface area contributed by atoms with Gasteiger partial charge in [0, 0.05) is 24.6 Å². The number of nitrogens with zero attached hydrogens (tertiary/aromatic N) is 1. The van der Waals surface area contributed by atoms with Gasteiger partial charge in [0.25, 0.3) is 0 Å². The van der Waals surface area contributed by atoms with Gasteiger partial charge in [-0.2, -0.15) is 0 Å². The van der Waals surface area contributed by atoms with E-state index in [1.807, 2.05) is 19.1 Å². The molecule has 3 nitrogen and oxygen atoms in total. The average molecular weight is 208 g/mol. The Bertz CT molecular complexity index is 283. The largest absolute Gasteiger partial charge is 0.388 e. The van der Waals surface area contributed by atoms with Crippen LogP contribution in [0.25, 0.3) is 0 Å². The molecule has 0 aliphatic carbocycles. The first-order chi connectivity index (χ1) is 6.99. The van der Waals surface area contributed by atoms with Crippen molar-refractivity contribution in [2.24, 2.45) is 5.92 Å². The Morgan fingerprint density at radius 1 is 1.40 bits per heavy atom. The molecule has 1 aromatic heterocycles. The van der Waals surface area contributed by atoms with Crippen molar-refractivity contribution in [3.63, 3.8) is 0 Å². The highest BCUT2D eigenvalue weighted by Gasteiger charge is 2.21. The van der Waals surface area contributed by atoms with Gasteiger partial charge in [-0.05, 0) is 31.4 Å². The third kappa shape index (κ3) is 4.79. The number of nitrogens with one attached hydrogen (secondary N) is 1. The lowest BCUT2D eigenvalue weighted by Crippen LogP contribution is -2.34. The minimum absolute atomic E-state index is 0.499. The van der Waals surface area contributed by atoms with E-state index >= 15 is 0 Å². The molecule has 0 amide bonds. The molecule has 1 atom stereocenters. The van der Waals surface area contributed by atoms with Gasteiger partial charge in [0.1, 0.15) is 0 Å². The van der Waals surface area contributed by atoms with Crippen LogP contribution in [0.15, 0.2) is 24.5 Å². The number of hydrogen-bond donors (Lipinski definition) is 2. The highest BCUT2D eigenvalue weighted by Crippen LogP contribution is 2.17. The molecule has 0 spiro atoms. The van der Waals surface area contributed by atoms with Crippen molar-refractivity contribution in [2.75, 3.05) is 11.9 Å². The van der Waals surface area contributed by atoms with Crippen molar-refractivity contribution in [3.8, 4) is 0 Å². The lowest BCUT2D eigenvalue weighted by molar-refractivity contribution is 0.0515. The van der Waals surface area contributed by atoms with Crippen molar-refractivity contribution in [1.82, 2.24) is 4.98 Å². The van der Waals surface area contributed by atoms with Gasteiger partial charge >= 0.3 is 0 Å². The molecule has 0 saturated heterocycles. The fourth-order valence-electron chi connectivity index (χ4n) is 1.71. The molecule has 0 aliphatic rings. The third-order valence-electron chi connectivity index (χ3n) is 2.20. The van der Waals surface area contributed by atoms with Gasteiger partial charge in [-0.3, -0.25) is 4.98 Å². The fourth-order valence-corrected chi connectivity index (χ4v) is 1.71. The normalized spacial score (nSPS) is 15.0. The summed E-state index contributed by atoms with van der Waals surface area (Å²) >= 11 is 0. The van der Waals surface area contributed by atoms with E-state index in [4.69, 9.17) is 0 Å². The van der Waals surface area contributed by atoms with Crippen LogP contribution in [0.3, 0.4) is 0 Å². The summed E-state index contributed by atoms with van der Waals surface area (Å²) in [5, 5.41) is 13.3. The molecule has 0 aromatic carbocycles. The molecular weight excluding hydrogens is 188 g/mol. The quantitative estimate of drug-likeness (QED) is 0.780. The van der Waals surface area contributed by atoms with E-state index in [0.717, 1.165) is 12.1 Å². The van der Waals surface area contributed by atoms with Crippen LogP contribution in [-0.2, 0) is 0 Å².